The monoisotopic (exact) mass is 291 g/mol. The zero-order chi connectivity index (χ0) is 15.8. The molecule has 6 heteroatoms. The average Bonchev–Trinajstić information content (AvgIpc) is 2.60. The van der Waals surface area contributed by atoms with Crippen LogP contribution in [0.25, 0.3) is 0 Å². The number of carbonyl (C=O) groups excluding carboxylic acids is 1. The van der Waals surface area contributed by atoms with E-state index in [1.54, 1.807) is 12.1 Å². The highest BCUT2D eigenvalue weighted by Gasteiger charge is 2.52. The van der Waals surface area contributed by atoms with Crippen LogP contribution in [0.15, 0.2) is 30.9 Å². The van der Waals surface area contributed by atoms with Gasteiger partial charge in [-0.25, -0.2) is 4.39 Å². The highest BCUT2D eigenvalue weighted by Crippen LogP contribution is 2.36. The molecule has 0 bridgehead atoms. The summed E-state index contributed by atoms with van der Waals surface area (Å²) in [4.78, 5) is 11.3. The van der Waals surface area contributed by atoms with E-state index in [2.05, 4.69) is 11.9 Å². The van der Waals surface area contributed by atoms with Gasteiger partial charge >= 0.3 is 7.12 Å². The highest BCUT2D eigenvalue weighted by atomic mass is 19.1. The Hall–Kier alpha value is -1.66. The first-order chi connectivity index (χ1) is 9.68. The zero-order valence-electron chi connectivity index (χ0n) is 12.7. The number of benzene rings is 1. The van der Waals surface area contributed by atoms with Gasteiger partial charge in [-0.05, 0) is 39.8 Å². The zero-order valence-corrected chi connectivity index (χ0v) is 12.7. The van der Waals surface area contributed by atoms with E-state index in [0.29, 0.717) is 0 Å². The number of anilines is 1. The van der Waals surface area contributed by atoms with Crippen molar-refractivity contribution in [3.05, 3.63) is 36.7 Å². The number of hydrogen-bond acceptors (Lipinski definition) is 3. The van der Waals surface area contributed by atoms with Gasteiger partial charge in [-0.1, -0.05) is 18.7 Å². The second-order valence-corrected chi connectivity index (χ2v) is 5.99. The topological polar surface area (TPSA) is 47.6 Å². The highest BCUT2D eigenvalue weighted by molar-refractivity contribution is 6.62. The number of rotatable bonds is 3. The minimum absolute atomic E-state index is 0.0760. The van der Waals surface area contributed by atoms with Crippen molar-refractivity contribution in [1.29, 1.82) is 0 Å². The Morgan fingerprint density at radius 2 is 1.86 bits per heavy atom. The van der Waals surface area contributed by atoms with E-state index in [-0.39, 0.29) is 11.2 Å². The molecule has 112 valence electrons. The quantitative estimate of drug-likeness (QED) is 0.686. The molecule has 2 rings (SSSR count). The van der Waals surface area contributed by atoms with Crippen molar-refractivity contribution in [2.24, 2.45) is 0 Å². The van der Waals surface area contributed by atoms with E-state index in [1.165, 1.54) is 6.07 Å². The molecule has 0 aliphatic carbocycles. The molecule has 1 aromatic carbocycles. The molecule has 1 aliphatic heterocycles. The van der Waals surface area contributed by atoms with Gasteiger partial charge < -0.3 is 14.6 Å². The Morgan fingerprint density at radius 3 is 2.38 bits per heavy atom. The van der Waals surface area contributed by atoms with Gasteiger partial charge in [0.05, 0.1) is 16.9 Å². The van der Waals surface area contributed by atoms with Gasteiger partial charge in [0.1, 0.15) is 5.82 Å². The van der Waals surface area contributed by atoms with Crippen LogP contribution in [-0.4, -0.2) is 24.2 Å². The number of carbonyl (C=O) groups is 1. The number of amides is 1. The maximum atomic E-state index is 14.5. The summed E-state index contributed by atoms with van der Waals surface area (Å²) in [6.45, 7) is 10.9. The van der Waals surface area contributed by atoms with E-state index < -0.39 is 30.0 Å². The third-order valence-electron chi connectivity index (χ3n) is 3.98. The molecule has 0 spiro atoms. The van der Waals surface area contributed by atoms with Crippen LogP contribution in [0.1, 0.15) is 27.7 Å². The molecule has 4 nitrogen and oxygen atoms in total. The second-order valence-electron chi connectivity index (χ2n) is 5.99. The fraction of sp³-hybridized carbons (Fsp3) is 0.400. The van der Waals surface area contributed by atoms with Crippen LogP contribution < -0.4 is 10.8 Å². The minimum Gasteiger partial charge on any atom is -0.399 e. The smallest absolute Gasteiger partial charge is 0.399 e. The van der Waals surface area contributed by atoms with E-state index in [9.17, 15) is 9.18 Å². The van der Waals surface area contributed by atoms with Crippen LogP contribution >= 0.6 is 0 Å². The molecule has 1 aliphatic rings. The van der Waals surface area contributed by atoms with Crippen LogP contribution in [0.4, 0.5) is 10.1 Å². The van der Waals surface area contributed by atoms with Crippen molar-refractivity contribution in [1.82, 2.24) is 0 Å². The fourth-order valence-corrected chi connectivity index (χ4v) is 1.98. The maximum Gasteiger partial charge on any atom is 0.497 e. The standard InChI is InChI=1S/C15H19BFNO3/c1-6-12(19)18-11-9-7-8-10(13(11)17)16-20-14(2,3)15(4,5)21-16/h6-9H,1H2,2-5H3,(H,18,19). The first kappa shape index (κ1) is 15.7. The molecule has 1 fully saturated rings. The van der Waals surface area contributed by atoms with Crippen LogP contribution in [0, 0.1) is 5.82 Å². The predicted octanol–water partition coefficient (Wildman–Crippen LogP) is 2.25. The van der Waals surface area contributed by atoms with Gasteiger partial charge in [-0.2, -0.15) is 0 Å². The van der Waals surface area contributed by atoms with Crippen molar-refractivity contribution in [3.63, 3.8) is 0 Å². The lowest BCUT2D eigenvalue weighted by Gasteiger charge is -2.32. The Bertz CT molecular complexity index is 570. The van der Waals surface area contributed by atoms with E-state index >= 15 is 0 Å². The van der Waals surface area contributed by atoms with Crippen LogP contribution in [-0.2, 0) is 14.1 Å². The summed E-state index contributed by atoms with van der Waals surface area (Å²) >= 11 is 0. The SMILES string of the molecule is C=CC(=O)Nc1cccc(B2OC(C)(C)C(C)(C)O2)c1F. The first-order valence-corrected chi connectivity index (χ1v) is 6.75. The molecule has 1 aromatic rings. The summed E-state index contributed by atoms with van der Waals surface area (Å²) in [5.74, 6) is -1.04. The largest absolute Gasteiger partial charge is 0.497 e. The normalized spacial score (nSPS) is 19.4. The van der Waals surface area contributed by atoms with Gasteiger partial charge in [-0.15, -0.1) is 0 Å². The van der Waals surface area contributed by atoms with E-state index in [1.807, 2.05) is 27.7 Å². The fourth-order valence-electron chi connectivity index (χ4n) is 1.98. The maximum absolute atomic E-state index is 14.5. The van der Waals surface area contributed by atoms with Gasteiger partial charge in [0.15, 0.2) is 0 Å². The van der Waals surface area contributed by atoms with Crippen molar-refractivity contribution in [2.75, 3.05) is 5.32 Å². The van der Waals surface area contributed by atoms with Crippen LogP contribution in [0.2, 0.25) is 0 Å². The molecule has 1 amide bonds. The third kappa shape index (κ3) is 2.87. The van der Waals surface area contributed by atoms with Crippen molar-refractivity contribution >= 4 is 24.2 Å². The summed E-state index contributed by atoms with van der Waals surface area (Å²) in [6.07, 6.45) is 1.08. The lowest BCUT2D eigenvalue weighted by Crippen LogP contribution is -2.41. The van der Waals surface area contributed by atoms with Crippen LogP contribution in [0.5, 0.6) is 0 Å². The van der Waals surface area contributed by atoms with Gasteiger partial charge in [-0.3, -0.25) is 4.79 Å². The first-order valence-electron chi connectivity index (χ1n) is 6.75. The second kappa shape index (κ2) is 5.28. The lowest BCUT2D eigenvalue weighted by atomic mass is 9.78. The summed E-state index contributed by atoms with van der Waals surface area (Å²) in [7, 11) is -0.810. The van der Waals surface area contributed by atoms with Crippen LogP contribution in [0.3, 0.4) is 0 Å². The summed E-state index contributed by atoms with van der Waals surface area (Å²) in [5.41, 5.74) is -0.766. The van der Waals surface area contributed by atoms with Gasteiger partial charge in [0.2, 0.25) is 5.91 Å². The van der Waals surface area contributed by atoms with E-state index in [0.717, 1.165) is 6.08 Å². The van der Waals surface area contributed by atoms with Gasteiger partial charge in [0, 0.05) is 5.46 Å². The molecule has 0 aromatic heterocycles. The van der Waals surface area contributed by atoms with Gasteiger partial charge in [0.25, 0.3) is 0 Å². The van der Waals surface area contributed by atoms with Crippen molar-refractivity contribution < 1.29 is 18.5 Å². The molecule has 21 heavy (non-hydrogen) atoms. The average molecular weight is 291 g/mol. The summed E-state index contributed by atoms with van der Waals surface area (Å²) in [6, 6.07) is 4.70. The molecule has 0 radical (unpaired) electrons. The Morgan fingerprint density at radius 1 is 1.29 bits per heavy atom. The number of halogens is 1. The molecule has 1 saturated heterocycles. The Balaban J connectivity index is 2.32. The molecule has 0 atom stereocenters. The van der Waals surface area contributed by atoms with E-state index in [4.69, 9.17) is 9.31 Å². The Kier molecular flexibility index (Phi) is 3.95. The molecule has 0 saturated carbocycles. The molecule has 1 N–H and O–H groups in total. The Labute approximate surface area is 124 Å². The molecular weight excluding hydrogens is 272 g/mol. The van der Waals surface area contributed by atoms with Crippen molar-refractivity contribution in [3.8, 4) is 0 Å². The molecule has 0 unspecified atom stereocenters. The summed E-state index contributed by atoms with van der Waals surface area (Å²) < 4.78 is 26.2. The summed E-state index contributed by atoms with van der Waals surface area (Å²) in [5, 5.41) is 2.42. The minimum atomic E-state index is -0.810. The number of hydrogen-bond donors (Lipinski definition) is 1. The number of nitrogens with one attached hydrogen (secondary N) is 1. The van der Waals surface area contributed by atoms with Crippen molar-refractivity contribution in [2.45, 2.75) is 38.9 Å². The molecule has 1 heterocycles. The molecular formula is C15H19BFNO3. The lowest BCUT2D eigenvalue weighted by molar-refractivity contribution is -0.111. The third-order valence-corrected chi connectivity index (χ3v) is 3.98. The predicted molar refractivity (Wildman–Crippen MR) is 80.9 cm³/mol.